The van der Waals surface area contributed by atoms with Gasteiger partial charge in [-0.2, -0.15) is 0 Å². The highest BCUT2D eigenvalue weighted by Crippen LogP contribution is 2.11. The van der Waals surface area contributed by atoms with Crippen LogP contribution in [0.5, 0.6) is 0 Å². The molecule has 1 atom stereocenters. The Kier molecular flexibility index (Phi) is 3.51. The predicted octanol–water partition coefficient (Wildman–Crippen LogP) is 1.68. The summed E-state index contributed by atoms with van der Waals surface area (Å²) in [4.78, 5) is 0. The molecule has 1 unspecified atom stereocenters. The van der Waals surface area contributed by atoms with Crippen molar-refractivity contribution in [2.45, 2.75) is 20.4 Å². The Hall–Kier alpha value is -1.42. The molecule has 1 aromatic carbocycles. The minimum atomic E-state index is 0.560. The van der Waals surface area contributed by atoms with E-state index in [0.29, 0.717) is 5.92 Å². The van der Waals surface area contributed by atoms with Gasteiger partial charge in [-0.05, 0) is 31.1 Å². The van der Waals surface area contributed by atoms with Crippen LogP contribution in [0, 0.1) is 5.92 Å². The Morgan fingerprint density at radius 2 is 2.19 bits per heavy atom. The van der Waals surface area contributed by atoms with E-state index in [4.69, 9.17) is 0 Å². The van der Waals surface area contributed by atoms with Crippen LogP contribution in [0.3, 0.4) is 0 Å². The molecule has 0 saturated carbocycles. The highest BCUT2D eigenvalue weighted by atomic mass is 15.4. The number of aromatic nitrogens is 3. The molecule has 1 heterocycles. The average Bonchev–Trinajstić information content (AvgIpc) is 2.70. The van der Waals surface area contributed by atoms with Crippen molar-refractivity contribution in [2.75, 3.05) is 13.1 Å². The largest absolute Gasteiger partial charge is 0.317 e. The van der Waals surface area contributed by atoms with E-state index in [9.17, 15) is 0 Å². The normalized spacial score (nSPS) is 13.1. The molecule has 2 rings (SSSR count). The molecule has 4 nitrogen and oxygen atoms in total. The van der Waals surface area contributed by atoms with Crippen molar-refractivity contribution < 1.29 is 0 Å². The minimum Gasteiger partial charge on any atom is -0.317 e. The van der Waals surface area contributed by atoms with E-state index < -0.39 is 0 Å². The van der Waals surface area contributed by atoms with E-state index in [1.165, 1.54) is 0 Å². The van der Waals surface area contributed by atoms with Gasteiger partial charge in [0.05, 0.1) is 5.52 Å². The molecule has 16 heavy (non-hydrogen) atoms. The van der Waals surface area contributed by atoms with E-state index in [1.807, 2.05) is 22.9 Å². The third kappa shape index (κ3) is 2.39. The standard InChI is InChI=1S/C12H18N4/c1-3-13-8-10(2)9-16-12-7-5-4-6-11(12)14-15-16/h4-7,10,13H,3,8-9H2,1-2H3. The molecule has 0 fully saturated rings. The van der Waals surface area contributed by atoms with Gasteiger partial charge in [0.1, 0.15) is 5.52 Å². The zero-order chi connectivity index (χ0) is 11.4. The lowest BCUT2D eigenvalue weighted by Crippen LogP contribution is -2.24. The van der Waals surface area contributed by atoms with Gasteiger partial charge in [-0.15, -0.1) is 5.10 Å². The van der Waals surface area contributed by atoms with Gasteiger partial charge in [0.2, 0.25) is 0 Å². The second kappa shape index (κ2) is 5.07. The van der Waals surface area contributed by atoms with Gasteiger partial charge in [-0.25, -0.2) is 4.68 Å². The third-order valence-corrected chi connectivity index (χ3v) is 2.65. The van der Waals surface area contributed by atoms with Crippen LogP contribution in [0.25, 0.3) is 11.0 Å². The summed E-state index contributed by atoms with van der Waals surface area (Å²) in [7, 11) is 0. The number of fused-ring (bicyclic) bond motifs is 1. The molecule has 0 amide bonds. The molecule has 0 aliphatic carbocycles. The van der Waals surface area contributed by atoms with Crippen molar-refractivity contribution in [3.63, 3.8) is 0 Å². The highest BCUT2D eigenvalue weighted by Gasteiger charge is 2.07. The highest BCUT2D eigenvalue weighted by molar-refractivity contribution is 5.73. The lowest BCUT2D eigenvalue weighted by molar-refractivity contribution is 0.427. The SMILES string of the molecule is CCNCC(C)Cn1nnc2ccccc21. The maximum atomic E-state index is 4.18. The number of rotatable bonds is 5. The van der Waals surface area contributed by atoms with Crippen molar-refractivity contribution in [3.8, 4) is 0 Å². The van der Waals surface area contributed by atoms with Crippen LogP contribution >= 0.6 is 0 Å². The van der Waals surface area contributed by atoms with Crippen molar-refractivity contribution in [1.29, 1.82) is 0 Å². The first kappa shape index (κ1) is 11.1. The lowest BCUT2D eigenvalue weighted by Gasteiger charge is -2.11. The maximum Gasteiger partial charge on any atom is 0.113 e. The molecule has 0 radical (unpaired) electrons. The summed E-state index contributed by atoms with van der Waals surface area (Å²) < 4.78 is 1.98. The van der Waals surface area contributed by atoms with Crippen LogP contribution in [-0.2, 0) is 6.54 Å². The number of benzene rings is 1. The molecule has 0 saturated heterocycles. The molecular formula is C12H18N4. The van der Waals surface area contributed by atoms with Crippen LogP contribution in [0.1, 0.15) is 13.8 Å². The van der Waals surface area contributed by atoms with Gasteiger partial charge in [0.25, 0.3) is 0 Å². The number of nitrogens with one attached hydrogen (secondary N) is 1. The fourth-order valence-electron chi connectivity index (χ4n) is 1.80. The van der Waals surface area contributed by atoms with E-state index in [0.717, 1.165) is 30.7 Å². The molecule has 0 spiro atoms. The first-order valence-electron chi connectivity index (χ1n) is 5.80. The van der Waals surface area contributed by atoms with Crippen molar-refractivity contribution in [2.24, 2.45) is 5.92 Å². The number of nitrogens with zero attached hydrogens (tertiary/aromatic N) is 3. The first-order chi connectivity index (χ1) is 7.81. The fraction of sp³-hybridized carbons (Fsp3) is 0.500. The summed E-state index contributed by atoms with van der Waals surface area (Å²) in [5, 5.41) is 11.7. The van der Waals surface area contributed by atoms with Gasteiger partial charge in [0.15, 0.2) is 0 Å². The molecule has 86 valence electrons. The summed E-state index contributed by atoms with van der Waals surface area (Å²) in [6.07, 6.45) is 0. The Bertz CT molecular complexity index is 449. The molecule has 4 heteroatoms. The van der Waals surface area contributed by atoms with E-state index in [1.54, 1.807) is 0 Å². The fourth-order valence-corrected chi connectivity index (χ4v) is 1.80. The predicted molar refractivity (Wildman–Crippen MR) is 65.2 cm³/mol. The Labute approximate surface area is 95.6 Å². The van der Waals surface area contributed by atoms with Crippen LogP contribution in [-0.4, -0.2) is 28.1 Å². The van der Waals surface area contributed by atoms with Crippen LogP contribution in [0.2, 0.25) is 0 Å². The van der Waals surface area contributed by atoms with Crippen molar-refractivity contribution in [3.05, 3.63) is 24.3 Å². The summed E-state index contributed by atoms with van der Waals surface area (Å²) in [6.45, 7) is 7.29. The Balaban J connectivity index is 2.09. The molecule has 1 N–H and O–H groups in total. The molecule has 0 aliphatic heterocycles. The van der Waals surface area contributed by atoms with E-state index >= 15 is 0 Å². The lowest BCUT2D eigenvalue weighted by atomic mass is 10.2. The van der Waals surface area contributed by atoms with Crippen molar-refractivity contribution in [1.82, 2.24) is 20.3 Å². The Morgan fingerprint density at radius 3 is 3.00 bits per heavy atom. The molecule has 1 aromatic heterocycles. The smallest absolute Gasteiger partial charge is 0.113 e. The van der Waals surface area contributed by atoms with Crippen molar-refractivity contribution >= 4 is 11.0 Å². The second-order valence-electron chi connectivity index (χ2n) is 4.17. The minimum absolute atomic E-state index is 0.560. The summed E-state index contributed by atoms with van der Waals surface area (Å²) in [5.41, 5.74) is 2.09. The van der Waals surface area contributed by atoms with Crippen LogP contribution in [0.15, 0.2) is 24.3 Å². The zero-order valence-corrected chi connectivity index (χ0v) is 9.85. The summed E-state index contributed by atoms with van der Waals surface area (Å²) >= 11 is 0. The van der Waals surface area contributed by atoms with Gasteiger partial charge < -0.3 is 5.32 Å². The summed E-state index contributed by atoms with van der Waals surface area (Å²) in [6, 6.07) is 8.07. The molecule has 0 aliphatic rings. The topological polar surface area (TPSA) is 42.7 Å². The van der Waals surface area contributed by atoms with Gasteiger partial charge in [-0.3, -0.25) is 0 Å². The maximum absolute atomic E-state index is 4.18. The van der Waals surface area contributed by atoms with Gasteiger partial charge in [-0.1, -0.05) is 31.2 Å². The summed E-state index contributed by atoms with van der Waals surface area (Å²) in [5.74, 6) is 0.560. The monoisotopic (exact) mass is 218 g/mol. The Morgan fingerprint density at radius 1 is 1.38 bits per heavy atom. The first-order valence-corrected chi connectivity index (χ1v) is 5.80. The van der Waals surface area contributed by atoms with E-state index in [2.05, 4.69) is 35.5 Å². The van der Waals surface area contributed by atoms with Crippen LogP contribution < -0.4 is 5.32 Å². The number of hydrogen-bond donors (Lipinski definition) is 1. The quantitative estimate of drug-likeness (QED) is 0.830. The molecule has 2 aromatic rings. The van der Waals surface area contributed by atoms with Crippen LogP contribution in [0.4, 0.5) is 0 Å². The zero-order valence-electron chi connectivity index (χ0n) is 9.85. The number of hydrogen-bond acceptors (Lipinski definition) is 3. The number of para-hydroxylation sites is 1. The van der Waals surface area contributed by atoms with Gasteiger partial charge in [0, 0.05) is 6.54 Å². The second-order valence-corrected chi connectivity index (χ2v) is 4.17. The van der Waals surface area contributed by atoms with Gasteiger partial charge >= 0.3 is 0 Å². The molecular weight excluding hydrogens is 200 g/mol. The van der Waals surface area contributed by atoms with E-state index in [-0.39, 0.29) is 0 Å². The average molecular weight is 218 g/mol. The molecule has 0 bridgehead atoms. The third-order valence-electron chi connectivity index (χ3n) is 2.65.